The van der Waals surface area contributed by atoms with Crippen LogP contribution in [-0.4, -0.2) is 43.0 Å². The lowest BCUT2D eigenvalue weighted by Crippen LogP contribution is -2.37. The number of nitrogens with zero attached hydrogens (tertiary/aromatic N) is 1. The number of nitrogens with one attached hydrogen (secondary N) is 2. The second-order valence-corrected chi connectivity index (χ2v) is 7.89. The highest BCUT2D eigenvalue weighted by Gasteiger charge is 2.19. The molecule has 2 N–H and O–H groups in total. The first-order valence-corrected chi connectivity index (χ1v) is 10.6. The molecule has 0 saturated carbocycles. The van der Waals surface area contributed by atoms with Crippen molar-refractivity contribution < 1.29 is 14.3 Å². The normalized spacial score (nSPS) is 14.9. The number of hydrogen-bond donors (Lipinski definition) is 2. The fraction of sp³-hybridized carbons (Fsp3) is 0.417. The minimum Gasteiger partial charge on any atom is -0.492 e. The maximum absolute atomic E-state index is 11.5. The van der Waals surface area contributed by atoms with Gasteiger partial charge in [0, 0.05) is 26.5 Å². The highest BCUT2D eigenvalue weighted by Crippen LogP contribution is 2.27. The van der Waals surface area contributed by atoms with E-state index in [9.17, 15) is 9.59 Å². The number of rotatable bonds is 8. The third kappa shape index (κ3) is 6.88. The number of piperidine rings is 1. The Morgan fingerprint density at radius 2 is 1.63 bits per heavy atom. The number of ether oxygens (including phenoxy) is 1. The topological polar surface area (TPSA) is 70.7 Å². The zero-order chi connectivity index (χ0) is 21.3. The van der Waals surface area contributed by atoms with Gasteiger partial charge in [-0.2, -0.15) is 0 Å². The maximum Gasteiger partial charge on any atom is 0.221 e. The number of benzene rings is 2. The summed E-state index contributed by atoms with van der Waals surface area (Å²) >= 11 is 0. The number of carbonyl (C=O) groups is 2. The van der Waals surface area contributed by atoms with Gasteiger partial charge >= 0.3 is 0 Å². The molecule has 3 rings (SSSR count). The van der Waals surface area contributed by atoms with Gasteiger partial charge in [0.15, 0.2) is 0 Å². The van der Waals surface area contributed by atoms with Crippen LogP contribution in [0.3, 0.4) is 0 Å². The van der Waals surface area contributed by atoms with Crippen LogP contribution in [0.15, 0.2) is 48.5 Å². The summed E-state index contributed by atoms with van der Waals surface area (Å²) in [6.07, 6.45) is 3.59. The molecule has 1 aliphatic rings. The van der Waals surface area contributed by atoms with E-state index < -0.39 is 0 Å². The van der Waals surface area contributed by atoms with Crippen molar-refractivity contribution in [3.8, 4) is 5.75 Å². The molecule has 6 nitrogen and oxygen atoms in total. The molecular formula is C24H31N3O3. The van der Waals surface area contributed by atoms with Crippen molar-refractivity contribution in [2.75, 3.05) is 36.9 Å². The molecule has 0 bridgehead atoms. The van der Waals surface area contributed by atoms with Gasteiger partial charge in [0.05, 0.1) is 11.4 Å². The Balaban J connectivity index is 1.45. The van der Waals surface area contributed by atoms with E-state index in [1.54, 1.807) is 12.1 Å². The van der Waals surface area contributed by atoms with Crippen LogP contribution in [0.25, 0.3) is 0 Å². The molecule has 0 aliphatic carbocycles. The molecule has 160 valence electrons. The first-order valence-electron chi connectivity index (χ1n) is 10.6. The van der Waals surface area contributed by atoms with E-state index in [2.05, 4.69) is 45.9 Å². The Hall–Kier alpha value is -2.86. The van der Waals surface area contributed by atoms with Crippen LogP contribution in [0.5, 0.6) is 5.75 Å². The SMILES string of the molecule is CC(=O)Nc1ccc(OCCN2CCC(Cc3ccccc3)CC2)cc1NC(C)=O. The van der Waals surface area contributed by atoms with Crippen LogP contribution >= 0.6 is 0 Å². The van der Waals surface area contributed by atoms with Crippen molar-refractivity contribution in [2.45, 2.75) is 33.1 Å². The summed E-state index contributed by atoms with van der Waals surface area (Å²) in [6.45, 7) is 6.53. The zero-order valence-corrected chi connectivity index (χ0v) is 17.8. The summed E-state index contributed by atoms with van der Waals surface area (Å²) in [5, 5.41) is 5.46. The molecule has 6 heteroatoms. The van der Waals surface area contributed by atoms with E-state index in [0.717, 1.165) is 32.0 Å². The standard InChI is InChI=1S/C24H31N3O3/c1-18(28)25-23-9-8-22(17-24(23)26-19(2)29)30-15-14-27-12-10-21(11-13-27)16-20-6-4-3-5-7-20/h3-9,17,21H,10-16H2,1-2H3,(H,25,28)(H,26,29). The third-order valence-electron chi connectivity index (χ3n) is 5.36. The summed E-state index contributed by atoms with van der Waals surface area (Å²) in [7, 11) is 0. The summed E-state index contributed by atoms with van der Waals surface area (Å²) in [4.78, 5) is 25.2. The Morgan fingerprint density at radius 1 is 0.967 bits per heavy atom. The maximum atomic E-state index is 11.5. The first-order chi connectivity index (χ1) is 14.5. The van der Waals surface area contributed by atoms with Gasteiger partial charge in [-0.3, -0.25) is 14.5 Å². The monoisotopic (exact) mass is 409 g/mol. The predicted octanol–water partition coefficient (Wildman–Crippen LogP) is 3.94. The minimum absolute atomic E-state index is 0.189. The lowest BCUT2D eigenvalue weighted by Gasteiger charge is -2.32. The highest BCUT2D eigenvalue weighted by atomic mass is 16.5. The fourth-order valence-electron chi connectivity index (χ4n) is 3.86. The molecule has 2 aromatic rings. The molecular weight excluding hydrogens is 378 g/mol. The van der Waals surface area contributed by atoms with Crippen molar-refractivity contribution in [3.05, 3.63) is 54.1 Å². The number of anilines is 2. The Kier molecular flexibility index (Phi) is 7.85. The molecule has 0 unspecified atom stereocenters. The number of amides is 2. The van der Waals surface area contributed by atoms with Gasteiger partial charge < -0.3 is 15.4 Å². The Morgan fingerprint density at radius 3 is 2.30 bits per heavy atom. The molecule has 0 radical (unpaired) electrons. The van der Waals surface area contributed by atoms with Crippen molar-refractivity contribution in [2.24, 2.45) is 5.92 Å². The second kappa shape index (κ2) is 10.8. The van der Waals surface area contributed by atoms with Crippen molar-refractivity contribution in [1.82, 2.24) is 4.90 Å². The van der Waals surface area contributed by atoms with Crippen LogP contribution in [0.1, 0.15) is 32.3 Å². The van der Waals surface area contributed by atoms with Gasteiger partial charge in [-0.15, -0.1) is 0 Å². The number of carbonyl (C=O) groups excluding carboxylic acids is 2. The van der Waals surface area contributed by atoms with E-state index in [-0.39, 0.29) is 11.8 Å². The summed E-state index contributed by atoms with van der Waals surface area (Å²) in [5.41, 5.74) is 2.53. The van der Waals surface area contributed by atoms with E-state index in [1.165, 1.54) is 32.3 Å². The molecule has 0 atom stereocenters. The molecule has 0 spiro atoms. The van der Waals surface area contributed by atoms with Gasteiger partial charge in [-0.05, 0) is 56.0 Å². The van der Waals surface area contributed by atoms with Gasteiger partial charge in [-0.1, -0.05) is 30.3 Å². The third-order valence-corrected chi connectivity index (χ3v) is 5.36. The largest absolute Gasteiger partial charge is 0.492 e. The average molecular weight is 410 g/mol. The molecule has 1 heterocycles. The molecule has 2 aromatic carbocycles. The summed E-state index contributed by atoms with van der Waals surface area (Å²) in [6, 6.07) is 16.0. The van der Waals surface area contributed by atoms with Crippen LogP contribution < -0.4 is 15.4 Å². The van der Waals surface area contributed by atoms with Gasteiger partial charge in [0.1, 0.15) is 12.4 Å². The van der Waals surface area contributed by atoms with E-state index in [1.807, 2.05) is 6.07 Å². The Bertz CT molecular complexity index is 846. The second-order valence-electron chi connectivity index (χ2n) is 7.89. The smallest absolute Gasteiger partial charge is 0.221 e. The quantitative estimate of drug-likeness (QED) is 0.693. The average Bonchev–Trinajstić information content (AvgIpc) is 2.71. The molecule has 1 fully saturated rings. The first kappa shape index (κ1) is 21.8. The number of likely N-dealkylation sites (tertiary alicyclic amines) is 1. The molecule has 30 heavy (non-hydrogen) atoms. The molecule has 2 amide bonds. The van der Waals surface area contributed by atoms with Gasteiger partial charge in [0.25, 0.3) is 0 Å². The van der Waals surface area contributed by atoms with Crippen molar-refractivity contribution >= 4 is 23.2 Å². The van der Waals surface area contributed by atoms with Crippen molar-refractivity contribution in [1.29, 1.82) is 0 Å². The zero-order valence-electron chi connectivity index (χ0n) is 17.8. The number of hydrogen-bond acceptors (Lipinski definition) is 4. The van der Waals surface area contributed by atoms with E-state index in [4.69, 9.17) is 4.74 Å². The predicted molar refractivity (Wildman–Crippen MR) is 120 cm³/mol. The van der Waals surface area contributed by atoms with E-state index in [0.29, 0.717) is 23.7 Å². The van der Waals surface area contributed by atoms with Crippen LogP contribution in [0.2, 0.25) is 0 Å². The lowest BCUT2D eigenvalue weighted by molar-refractivity contribution is -0.115. The highest BCUT2D eigenvalue weighted by molar-refractivity contribution is 5.98. The lowest BCUT2D eigenvalue weighted by atomic mass is 9.90. The Labute approximate surface area is 178 Å². The van der Waals surface area contributed by atoms with Gasteiger partial charge in [0.2, 0.25) is 11.8 Å². The van der Waals surface area contributed by atoms with Crippen LogP contribution in [-0.2, 0) is 16.0 Å². The molecule has 1 aliphatic heterocycles. The van der Waals surface area contributed by atoms with E-state index >= 15 is 0 Å². The molecule has 0 aromatic heterocycles. The fourth-order valence-corrected chi connectivity index (χ4v) is 3.86. The van der Waals surface area contributed by atoms with Crippen LogP contribution in [0, 0.1) is 5.92 Å². The minimum atomic E-state index is -0.197. The van der Waals surface area contributed by atoms with Crippen molar-refractivity contribution in [3.63, 3.8) is 0 Å². The summed E-state index contributed by atoms with van der Waals surface area (Å²) < 4.78 is 5.91. The van der Waals surface area contributed by atoms with Gasteiger partial charge in [-0.25, -0.2) is 0 Å². The molecule has 1 saturated heterocycles. The summed E-state index contributed by atoms with van der Waals surface area (Å²) in [5.74, 6) is 1.04. The van der Waals surface area contributed by atoms with Crippen LogP contribution in [0.4, 0.5) is 11.4 Å².